The van der Waals surface area contributed by atoms with Crippen molar-refractivity contribution in [2.24, 2.45) is 0 Å². The molecule has 0 spiro atoms. The zero-order valence-corrected chi connectivity index (χ0v) is 16.3. The van der Waals surface area contributed by atoms with Crippen molar-refractivity contribution in [3.63, 3.8) is 0 Å². The highest BCUT2D eigenvalue weighted by Crippen LogP contribution is 2.24. The van der Waals surface area contributed by atoms with Crippen LogP contribution >= 0.6 is 11.6 Å². The Balaban J connectivity index is 2.05. The summed E-state index contributed by atoms with van der Waals surface area (Å²) in [5.74, 6) is -1.43. The molecule has 144 valence electrons. The number of nitrogens with zero attached hydrogens (tertiary/aromatic N) is 2. The molecular formula is C19H21ClFN3O3. The van der Waals surface area contributed by atoms with Gasteiger partial charge in [-0.15, -0.1) is 0 Å². The van der Waals surface area contributed by atoms with Gasteiger partial charge in [0.25, 0.3) is 5.91 Å². The highest BCUT2D eigenvalue weighted by Gasteiger charge is 2.15. The van der Waals surface area contributed by atoms with Crippen molar-refractivity contribution >= 4 is 29.6 Å². The molecule has 1 N–H and O–H groups in total. The number of benzene rings is 1. The lowest BCUT2D eigenvalue weighted by atomic mass is 10.1. The predicted molar refractivity (Wildman–Crippen MR) is 101 cm³/mol. The number of hydrogen-bond acceptors (Lipinski definition) is 4. The van der Waals surface area contributed by atoms with Gasteiger partial charge in [0.15, 0.2) is 6.61 Å². The molecule has 0 saturated heterocycles. The molecule has 8 heteroatoms. The van der Waals surface area contributed by atoms with Crippen molar-refractivity contribution in [2.45, 2.75) is 33.2 Å². The van der Waals surface area contributed by atoms with Gasteiger partial charge >= 0.3 is 5.97 Å². The van der Waals surface area contributed by atoms with Crippen molar-refractivity contribution in [3.05, 3.63) is 52.6 Å². The van der Waals surface area contributed by atoms with Crippen molar-refractivity contribution in [1.29, 1.82) is 0 Å². The van der Waals surface area contributed by atoms with Crippen LogP contribution in [0.2, 0.25) is 5.15 Å². The van der Waals surface area contributed by atoms with E-state index in [0.29, 0.717) is 16.9 Å². The number of esters is 1. The number of aromatic nitrogens is 2. The standard InChI is InChI=1S/C19H21ClFN3O3/c1-12-15(9-10-17(26)27-11-16(25)22-19(2,3)4)18(20)24(23-12)14-7-5-13(21)6-8-14/h5-10H,11H2,1-4H3,(H,22,25)/b10-9+. The van der Waals surface area contributed by atoms with Crippen LogP contribution in [-0.2, 0) is 14.3 Å². The van der Waals surface area contributed by atoms with Crippen molar-refractivity contribution in [3.8, 4) is 5.69 Å². The topological polar surface area (TPSA) is 73.2 Å². The zero-order chi connectivity index (χ0) is 20.2. The van der Waals surface area contributed by atoms with Crippen molar-refractivity contribution in [2.75, 3.05) is 6.61 Å². The fraction of sp³-hybridized carbons (Fsp3) is 0.316. The number of carbonyl (C=O) groups excluding carboxylic acids is 2. The van der Waals surface area contributed by atoms with Gasteiger partial charge in [0.05, 0.1) is 11.4 Å². The van der Waals surface area contributed by atoms with E-state index in [2.05, 4.69) is 10.4 Å². The minimum atomic E-state index is -0.677. The molecule has 1 amide bonds. The minimum Gasteiger partial charge on any atom is -0.452 e. The average Bonchev–Trinajstić information content (AvgIpc) is 2.84. The van der Waals surface area contributed by atoms with Gasteiger partial charge < -0.3 is 10.1 Å². The molecule has 1 heterocycles. The first-order chi connectivity index (χ1) is 12.6. The summed E-state index contributed by atoms with van der Waals surface area (Å²) in [4.78, 5) is 23.5. The smallest absolute Gasteiger partial charge is 0.331 e. The van der Waals surface area contributed by atoms with Gasteiger partial charge in [0.2, 0.25) is 0 Å². The number of hydrogen-bond donors (Lipinski definition) is 1. The number of aryl methyl sites for hydroxylation is 1. The zero-order valence-electron chi connectivity index (χ0n) is 15.5. The normalized spacial score (nSPS) is 11.6. The van der Waals surface area contributed by atoms with Gasteiger partial charge in [-0.05, 0) is 58.0 Å². The molecule has 2 rings (SSSR count). The molecule has 0 aliphatic heterocycles. The van der Waals surface area contributed by atoms with E-state index < -0.39 is 11.5 Å². The first-order valence-corrected chi connectivity index (χ1v) is 8.61. The van der Waals surface area contributed by atoms with Crippen LogP contribution in [0.5, 0.6) is 0 Å². The molecular weight excluding hydrogens is 373 g/mol. The summed E-state index contributed by atoms with van der Waals surface area (Å²) in [7, 11) is 0. The van der Waals surface area contributed by atoms with Crippen LogP contribution in [-0.4, -0.2) is 33.8 Å². The summed E-state index contributed by atoms with van der Waals surface area (Å²) in [5, 5.41) is 7.26. The van der Waals surface area contributed by atoms with E-state index in [4.69, 9.17) is 16.3 Å². The summed E-state index contributed by atoms with van der Waals surface area (Å²) in [5.41, 5.74) is 1.29. The Bertz CT molecular complexity index is 868. The molecule has 6 nitrogen and oxygen atoms in total. The largest absolute Gasteiger partial charge is 0.452 e. The van der Waals surface area contributed by atoms with Crippen LogP contribution in [0, 0.1) is 12.7 Å². The molecule has 0 radical (unpaired) electrons. The number of ether oxygens (including phenoxy) is 1. The Kier molecular flexibility index (Phi) is 6.38. The Hall–Kier alpha value is -2.67. The van der Waals surface area contributed by atoms with Gasteiger partial charge in [-0.1, -0.05) is 11.6 Å². The molecule has 0 unspecified atom stereocenters. The second kappa shape index (κ2) is 8.35. The van der Waals surface area contributed by atoms with Gasteiger partial charge in [-0.25, -0.2) is 13.9 Å². The van der Waals surface area contributed by atoms with Crippen LogP contribution in [0.3, 0.4) is 0 Å². The number of amides is 1. The van der Waals surface area contributed by atoms with Crippen LogP contribution in [0.15, 0.2) is 30.3 Å². The summed E-state index contributed by atoms with van der Waals surface area (Å²) in [6.07, 6.45) is 2.64. The second-order valence-corrected chi connectivity index (χ2v) is 7.28. The van der Waals surface area contributed by atoms with E-state index in [1.54, 1.807) is 19.1 Å². The fourth-order valence-corrected chi connectivity index (χ4v) is 2.58. The number of halogens is 2. The molecule has 0 aliphatic carbocycles. The number of rotatable bonds is 5. The molecule has 0 atom stereocenters. The van der Waals surface area contributed by atoms with Crippen LogP contribution < -0.4 is 5.32 Å². The lowest BCUT2D eigenvalue weighted by Crippen LogP contribution is -2.42. The first-order valence-electron chi connectivity index (χ1n) is 8.24. The SMILES string of the molecule is Cc1nn(-c2ccc(F)cc2)c(Cl)c1/C=C/C(=O)OCC(=O)NC(C)(C)C. The molecule has 0 aliphatic rings. The maximum absolute atomic E-state index is 13.1. The third kappa shape index (κ3) is 5.92. The molecule has 0 fully saturated rings. The molecule has 27 heavy (non-hydrogen) atoms. The van der Waals surface area contributed by atoms with E-state index in [9.17, 15) is 14.0 Å². The van der Waals surface area contributed by atoms with E-state index in [-0.39, 0.29) is 23.5 Å². The number of carbonyl (C=O) groups is 2. The average molecular weight is 394 g/mol. The molecule has 2 aromatic rings. The second-order valence-electron chi connectivity index (χ2n) is 6.92. The highest BCUT2D eigenvalue weighted by atomic mass is 35.5. The van der Waals surface area contributed by atoms with E-state index in [0.717, 1.165) is 0 Å². The lowest BCUT2D eigenvalue weighted by molar-refractivity contribution is -0.144. The van der Waals surface area contributed by atoms with Crippen molar-refractivity contribution in [1.82, 2.24) is 15.1 Å². The molecule has 0 saturated carbocycles. The van der Waals surface area contributed by atoms with Gasteiger partial charge in [-0.2, -0.15) is 5.10 Å². The summed E-state index contributed by atoms with van der Waals surface area (Å²) in [6.45, 7) is 6.85. The molecule has 1 aromatic heterocycles. The van der Waals surface area contributed by atoms with E-state index >= 15 is 0 Å². The predicted octanol–water partition coefficient (Wildman–Crippen LogP) is 3.44. The Labute approximate surface area is 162 Å². The fourth-order valence-electron chi connectivity index (χ4n) is 2.24. The monoisotopic (exact) mass is 393 g/mol. The Morgan fingerprint density at radius 1 is 1.30 bits per heavy atom. The summed E-state index contributed by atoms with van der Waals surface area (Å²) >= 11 is 6.33. The van der Waals surface area contributed by atoms with E-state index in [1.807, 2.05) is 20.8 Å². The van der Waals surface area contributed by atoms with Gasteiger partial charge in [0, 0.05) is 17.2 Å². The Morgan fingerprint density at radius 3 is 2.52 bits per heavy atom. The maximum atomic E-state index is 13.1. The summed E-state index contributed by atoms with van der Waals surface area (Å²) in [6, 6.07) is 5.70. The minimum absolute atomic E-state index is 0.272. The van der Waals surface area contributed by atoms with Gasteiger partial charge in [-0.3, -0.25) is 4.79 Å². The lowest BCUT2D eigenvalue weighted by Gasteiger charge is -2.20. The quantitative estimate of drug-likeness (QED) is 0.623. The molecule has 1 aromatic carbocycles. The third-order valence-corrected chi connectivity index (χ3v) is 3.73. The van der Waals surface area contributed by atoms with Crippen LogP contribution in [0.25, 0.3) is 11.8 Å². The Morgan fingerprint density at radius 2 is 1.93 bits per heavy atom. The van der Waals surface area contributed by atoms with E-state index in [1.165, 1.54) is 29.0 Å². The van der Waals surface area contributed by atoms with Crippen molar-refractivity contribution < 1.29 is 18.7 Å². The first kappa shape index (κ1) is 20.6. The van der Waals surface area contributed by atoms with Crippen LogP contribution in [0.1, 0.15) is 32.0 Å². The van der Waals surface area contributed by atoms with Gasteiger partial charge in [0.1, 0.15) is 11.0 Å². The molecule has 0 bridgehead atoms. The summed E-state index contributed by atoms with van der Waals surface area (Å²) < 4.78 is 19.4. The highest BCUT2D eigenvalue weighted by molar-refractivity contribution is 6.31. The van der Waals surface area contributed by atoms with Crippen LogP contribution in [0.4, 0.5) is 4.39 Å². The third-order valence-electron chi connectivity index (χ3n) is 3.37. The number of nitrogens with one attached hydrogen (secondary N) is 1. The maximum Gasteiger partial charge on any atom is 0.331 e.